The zero-order valence-electron chi connectivity index (χ0n) is 14.0. The third kappa shape index (κ3) is 5.21. The van der Waals surface area contributed by atoms with E-state index >= 15 is 0 Å². The quantitative estimate of drug-likeness (QED) is 0.439. The maximum Gasteiger partial charge on any atom is 0.317 e. The van der Waals surface area contributed by atoms with E-state index in [0.29, 0.717) is 34.6 Å². The summed E-state index contributed by atoms with van der Waals surface area (Å²) in [6, 6.07) is 14.0. The fourth-order valence-corrected chi connectivity index (χ4v) is 2.96. The molecule has 1 aromatic heterocycles. The van der Waals surface area contributed by atoms with Gasteiger partial charge in [0.1, 0.15) is 28.9 Å². The number of benzene rings is 2. The van der Waals surface area contributed by atoms with Crippen molar-refractivity contribution in [1.82, 2.24) is 4.98 Å². The molecule has 0 aliphatic rings. The van der Waals surface area contributed by atoms with Gasteiger partial charge in [-0.25, -0.2) is 4.98 Å². The third-order valence-corrected chi connectivity index (χ3v) is 4.51. The number of nitrogens with zero attached hydrogens (tertiary/aromatic N) is 1. The number of ether oxygens (including phenoxy) is 3. The lowest BCUT2D eigenvalue weighted by Crippen LogP contribution is -2.11. The molecule has 1 heterocycles. The molecule has 0 aliphatic heterocycles. The standard InChI is InChI=1S/C19H16ClNO4S/c1-23-15-6-8-17(9-7-15)25-19(22)10-14-12-26-18(21-14)11-24-16-4-2-13(20)3-5-16/h2-9,12H,10-11H2,1H3. The Kier molecular flexibility index (Phi) is 6.09. The van der Waals surface area contributed by atoms with Gasteiger partial charge in [0.2, 0.25) is 0 Å². The highest BCUT2D eigenvalue weighted by molar-refractivity contribution is 7.09. The predicted octanol–water partition coefficient (Wildman–Crippen LogP) is 4.53. The number of halogens is 1. The number of esters is 1. The van der Waals surface area contributed by atoms with Crippen molar-refractivity contribution < 1.29 is 19.0 Å². The summed E-state index contributed by atoms with van der Waals surface area (Å²) in [5.74, 6) is 1.52. The Labute approximate surface area is 160 Å². The van der Waals surface area contributed by atoms with E-state index in [4.69, 9.17) is 25.8 Å². The fraction of sp³-hybridized carbons (Fsp3) is 0.158. The second-order valence-electron chi connectivity index (χ2n) is 5.30. The van der Waals surface area contributed by atoms with E-state index in [2.05, 4.69) is 4.98 Å². The Morgan fingerprint density at radius 2 is 1.69 bits per heavy atom. The van der Waals surface area contributed by atoms with E-state index in [1.54, 1.807) is 55.6 Å². The van der Waals surface area contributed by atoms with Crippen molar-refractivity contribution in [1.29, 1.82) is 0 Å². The summed E-state index contributed by atoms with van der Waals surface area (Å²) < 4.78 is 16.0. The van der Waals surface area contributed by atoms with Gasteiger partial charge < -0.3 is 14.2 Å². The topological polar surface area (TPSA) is 57.7 Å². The number of methoxy groups -OCH3 is 1. The van der Waals surface area contributed by atoms with Gasteiger partial charge in [-0.1, -0.05) is 11.6 Å². The molecule has 7 heteroatoms. The van der Waals surface area contributed by atoms with E-state index in [1.165, 1.54) is 11.3 Å². The number of hydrogen-bond donors (Lipinski definition) is 0. The van der Waals surface area contributed by atoms with Gasteiger partial charge in [0.05, 0.1) is 19.2 Å². The Hall–Kier alpha value is -2.57. The second-order valence-corrected chi connectivity index (χ2v) is 6.68. The summed E-state index contributed by atoms with van der Waals surface area (Å²) in [6.07, 6.45) is 0.101. The molecule has 0 unspecified atom stereocenters. The van der Waals surface area contributed by atoms with Crippen molar-refractivity contribution in [3.63, 3.8) is 0 Å². The molecule has 5 nitrogen and oxygen atoms in total. The Morgan fingerprint density at radius 3 is 2.38 bits per heavy atom. The van der Waals surface area contributed by atoms with Crippen LogP contribution in [0.4, 0.5) is 0 Å². The number of aromatic nitrogens is 1. The van der Waals surface area contributed by atoms with Crippen molar-refractivity contribution in [2.45, 2.75) is 13.0 Å². The van der Waals surface area contributed by atoms with Gasteiger partial charge in [0.15, 0.2) is 0 Å². The third-order valence-electron chi connectivity index (χ3n) is 3.39. The highest BCUT2D eigenvalue weighted by Gasteiger charge is 2.11. The fourth-order valence-electron chi connectivity index (χ4n) is 2.13. The number of hydrogen-bond acceptors (Lipinski definition) is 6. The molecule has 0 aliphatic carbocycles. The summed E-state index contributed by atoms with van der Waals surface area (Å²) in [5.41, 5.74) is 0.656. The Morgan fingerprint density at radius 1 is 1.04 bits per heavy atom. The maximum atomic E-state index is 12.0. The number of thiazole rings is 1. The minimum atomic E-state index is -0.370. The molecule has 3 aromatic rings. The molecule has 0 N–H and O–H groups in total. The van der Waals surface area contributed by atoms with Gasteiger partial charge in [-0.15, -0.1) is 11.3 Å². The molecular formula is C19H16ClNO4S. The van der Waals surface area contributed by atoms with Crippen LogP contribution in [0.2, 0.25) is 5.02 Å². The van der Waals surface area contributed by atoms with Crippen LogP contribution in [-0.4, -0.2) is 18.1 Å². The molecule has 2 aromatic carbocycles. The summed E-state index contributed by atoms with van der Waals surface area (Å²) in [6.45, 7) is 0.333. The minimum Gasteiger partial charge on any atom is -0.497 e. The van der Waals surface area contributed by atoms with Crippen LogP contribution >= 0.6 is 22.9 Å². The van der Waals surface area contributed by atoms with Gasteiger partial charge in [-0.05, 0) is 48.5 Å². The normalized spacial score (nSPS) is 10.4. The molecule has 0 spiro atoms. The first-order valence-corrected chi connectivity index (χ1v) is 9.04. The molecule has 3 rings (SSSR count). The van der Waals surface area contributed by atoms with E-state index in [0.717, 1.165) is 5.01 Å². The van der Waals surface area contributed by atoms with Gasteiger partial charge in [0, 0.05) is 10.4 Å². The molecule has 0 atom stereocenters. The smallest absolute Gasteiger partial charge is 0.317 e. The van der Waals surface area contributed by atoms with Crippen molar-refractivity contribution >= 4 is 28.9 Å². The first-order chi connectivity index (χ1) is 12.6. The van der Waals surface area contributed by atoms with Crippen LogP contribution in [0, 0.1) is 0 Å². The number of rotatable bonds is 7. The number of carbonyl (C=O) groups is 1. The van der Waals surface area contributed by atoms with Crippen LogP contribution in [0.3, 0.4) is 0 Å². The summed E-state index contributed by atoms with van der Waals surface area (Å²) >= 11 is 7.28. The first-order valence-electron chi connectivity index (χ1n) is 7.79. The van der Waals surface area contributed by atoms with E-state index in [1.807, 2.05) is 5.38 Å². The molecule has 0 fully saturated rings. The molecule has 0 saturated heterocycles. The highest BCUT2D eigenvalue weighted by Crippen LogP contribution is 2.20. The molecule has 0 bridgehead atoms. The molecule has 134 valence electrons. The van der Waals surface area contributed by atoms with E-state index < -0.39 is 0 Å². The van der Waals surface area contributed by atoms with Crippen molar-refractivity contribution in [3.8, 4) is 17.2 Å². The van der Waals surface area contributed by atoms with E-state index in [-0.39, 0.29) is 12.4 Å². The molecule has 26 heavy (non-hydrogen) atoms. The van der Waals surface area contributed by atoms with Gasteiger partial charge in [-0.3, -0.25) is 4.79 Å². The van der Waals surface area contributed by atoms with Crippen molar-refractivity contribution in [3.05, 3.63) is 69.6 Å². The monoisotopic (exact) mass is 389 g/mol. The van der Waals surface area contributed by atoms with Gasteiger partial charge in [0.25, 0.3) is 0 Å². The highest BCUT2D eigenvalue weighted by atomic mass is 35.5. The minimum absolute atomic E-state index is 0.101. The Bertz CT molecular complexity index is 862. The number of carbonyl (C=O) groups excluding carboxylic acids is 1. The van der Waals surface area contributed by atoms with Crippen LogP contribution in [0.1, 0.15) is 10.7 Å². The molecule has 0 amide bonds. The van der Waals surface area contributed by atoms with Crippen LogP contribution in [0.5, 0.6) is 17.2 Å². The van der Waals surface area contributed by atoms with Gasteiger partial charge in [-0.2, -0.15) is 0 Å². The maximum absolute atomic E-state index is 12.0. The predicted molar refractivity (Wildman–Crippen MR) is 100 cm³/mol. The molecule has 0 saturated carbocycles. The first kappa shape index (κ1) is 18.2. The van der Waals surface area contributed by atoms with Crippen LogP contribution in [0.25, 0.3) is 0 Å². The Balaban J connectivity index is 1.50. The SMILES string of the molecule is COc1ccc(OC(=O)Cc2csc(COc3ccc(Cl)cc3)n2)cc1. The van der Waals surface area contributed by atoms with Crippen LogP contribution in [-0.2, 0) is 17.8 Å². The summed E-state index contributed by atoms with van der Waals surface area (Å²) in [5, 5.41) is 3.27. The lowest BCUT2D eigenvalue weighted by atomic mass is 10.3. The summed E-state index contributed by atoms with van der Waals surface area (Å²) in [4.78, 5) is 16.4. The zero-order chi connectivity index (χ0) is 18.4. The van der Waals surface area contributed by atoms with Crippen molar-refractivity contribution in [2.24, 2.45) is 0 Å². The average molecular weight is 390 g/mol. The largest absolute Gasteiger partial charge is 0.497 e. The van der Waals surface area contributed by atoms with Crippen LogP contribution < -0.4 is 14.2 Å². The summed E-state index contributed by atoms with van der Waals surface area (Å²) in [7, 11) is 1.58. The lowest BCUT2D eigenvalue weighted by Gasteiger charge is -2.04. The average Bonchev–Trinajstić information content (AvgIpc) is 3.09. The van der Waals surface area contributed by atoms with Crippen LogP contribution in [0.15, 0.2) is 53.9 Å². The van der Waals surface area contributed by atoms with E-state index in [9.17, 15) is 4.79 Å². The molecule has 0 radical (unpaired) electrons. The second kappa shape index (κ2) is 8.69. The lowest BCUT2D eigenvalue weighted by molar-refractivity contribution is -0.133. The van der Waals surface area contributed by atoms with Gasteiger partial charge >= 0.3 is 5.97 Å². The molecular weight excluding hydrogens is 374 g/mol. The zero-order valence-corrected chi connectivity index (χ0v) is 15.5. The van der Waals surface area contributed by atoms with Crippen molar-refractivity contribution in [2.75, 3.05) is 7.11 Å².